The molecular formula is C9H23NO3Si. The Hall–Kier alpha value is 0.0569. The standard InChI is InChI=1S/C9H23NO3Si/c1-4-12-14(3,8-7-11)13-9(2)5-6-10/h9,11H,4-8,10H2,1-3H3. The lowest BCUT2D eigenvalue weighted by Crippen LogP contribution is -2.42. The molecule has 0 bridgehead atoms. The van der Waals surface area contributed by atoms with E-state index in [1.165, 1.54) is 0 Å². The Morgan fingerprint density at radius 2 is 2.14 bits per heavy atom. The molecule has 0 aliphatic carbocycles. The average molecular weight is 221 g/mol. The fourth-order valence-electron chi connectivity index (χ4n) is 1.39. The first kappa shape index (κ1) is 14.1. The topological polar surface area (TPSA) is 64.7 Å². The normalized spacial score (nSPS) is 17.8. The summed E-state index contributed by atoms with van der Waals surface area (Å²) in [5, 5.41) is 8.92. The minimum atomic E-state index is -2.16. The molecule has 0 saturated heterocycles. The van der Waals surface area contributed by atoms with Crippen molar-refractivity contribution in [2.75, 3.05) is 19.8 Å². The summed E-state index contributed by atoms with van der Waals surface area (Å²) >= 11 is 0. The Morgan fingerprint density at radius 3 is 2.57 bits per heavy atom. The van der Waals surface area contributed by atoms with Gasteiger partial charge in [-0.05, 0) is 33.4 Å². The molecule has 0 aromatic carbocycles. The van der Waals surface area contributed by atoms with E-state index in [0.717, 1.165) is 6.42 Å². The number of rotatable bonds is 8. The van der Waals surface area contributed by atoms with Crippen LogP contribution in [0.15, 0.2) is 0 Å². The van der Waals surface area contributed by atoms with Crippen LogP contribution in [0, 0.1) is 0 Å². The van der Waals surface area contributed by atoms with Gasteiger partial charge >= 0.3 is 8.56 Å². The van der Waals surface area contributed by atoms with Gasteiger partial charge in [-0.3, -0.25) is 0 Å². The first-order chi connectivity index (χ1) is 6.58. The molecule has 0 heterocycles. The summed E-state index contributed by atoms with van der Waals surface area (Å²) in [6.07, 6.45) is 0.955. The second-order valence-corrected chi connectivity index (χ2v) is 6.84. The number of hydrogen-bond donors (Lipinski definition) is 2. The fourth-order valence-corrected chi connectivity index (χ4v) is 3.71. The molecule has 0 aromatic rings. The minimum absolute atomic E-state index is 0.120. The smallest absolute Gasteiger partial charge is 0.337 e. The lowest BCUT2D eigenvalue weighted by Gasteiger charge is -2.29. The van der Waals surface area contributed by atoms with Crippen molar-refractivity contribution in [1.82, 2.24) is 0 Å². The average Bonchev–Trinajstić information content (AvgIpc) is 2.04. The highest BCUT2D eigenvalue weighted by molar-refractivity contribution is 6.66. The van der Waals surface area contributed by atoms with Gasteiger partial charge < -0.3 is 19.7 Å². The van der Waals surface area contributed by atoms with Gasteiger partial charge in [0.15, 0.2) is 0 Å². The molecule has 0 spiro atoms. The van der Waals surface area contributed by atoms with Crippen molar-refractivity contribution in [3.8, 4) is 0 Å². The highest BCUT2D eigenvalue weighted by atomic mass is 28.4. The highest BCUT2D eigenvalue weighted by Crippen LogP contribution is 2.16. The van der Waals surface area contributed by atoms with Crippen molar-refractivity contribution in [2.45, 2.75) is 39.0 Å². The Balaban J connectivity index is 4.05. The maximum Gasteiger partial charge on any atom is 0.337 e. The third-order valence-corrected chi connectivity index (χ3v) is 4.97. The third kappa shape index (κ3) is 5.72. The molecule has 2 unspecified atom stereocenters. The second-order valence-electron chi connectivity index (χ2n) is 3.55. The van der Waals surface area contributed by atoms with Crippen LogP contribution in [0.5, 0.6) is 0 Å². The summed E-state index contributed by atoms with van der Waals surface area (Å²) in [4.78, 5) is 0. The molecule has 0 saturated carbocycles. The van der Waals surface area contributed by atoms with Crippen molar-refractivity contribution >= 4 is 8.56 Å². The monoisotopic (exact) mass is 221 g/mol. The van der Waals surface area contributed by atoms with E-state index in [-0.39, 0.29) is 12.7 Å². The Bertz CT molecular complexity index is 140. The fraction of sp³-hybridized carbons (Fsp3) is 1.00. The van der Waals surface area contributed by atoms with Gasteiger partial charge in [-0.1, -0.05) is 0 Å². The molecule has 0 rings (SSSR count). The molecule has 0 radical (unpaired) electrons. The van der Waals surface area contributed by atoms with Gasteiger partial charge in [0, 0.05) is 25.4 Å². The second kappa shape index (κ2) is 7.36. The van der Waals surface area contributed by atoms with E-state index in [1.807, 2.05) is 20.4 Å². The summed E-state index contributed by atoms with van der Waals surface area (Å²) in [5.41, 5.74) is 5.44. The van der Waals surface area contributed by atoms with Crippen LogP contribution in [0.2, 0.25) is 12.6 Å². The quantitative estimate of drug-likeness (QED) is 0.596. The van der Waals surface area contributed by atoms with Gasteiger partial charge in [0.05, 0.1) is 0 Å². The van der Waals surface area contributed by atoms with Gasteiger partial charge in [0.2, 0.25) is 0 Å². The maximum atomic E-state index is 8.92. The minimum Gasteiger partial charge on any atom is -0.396 e. The van der Waals surface area contributed by atoms with E-state index in [1.54, 1.807) is 0 Å². The SMILES string of the molecule is CCO[Si](C)(CCO)OC(C)CCN. The first-order valence-electron chi connectivity index (χ1n) is 5.20. The maximum absolute atomic E-state index is 8.92. The van der Waals surface area contributed by atoms with Gasteiger partial charge in [-0.25, -0.2) is 0 Å². The molecule has 0 fully saturated rings. The Labute approximate surface area is 87.6 Å². The zero-order chi connectivity index (χ0) is 11.0. The third-order valence-electron chi connectivity index (χ3n) is 2.04. The number of aliphatic hydroxyl groups excluding tert-OH is 1. The molecular weight excluding hydrogens is 198 g/mol. The van der Waals surface area contributed by atoms with Crippen molar-refractivity contribution in [3.05, 3.63) is 0 Å². The van der Waals surface area contributed by atoms with Crippen molar-refractivity contribution in [1.29, 1.82) is 0 Å². The van der Waals surface area contributed by atoms with E-state index in [9.17, 15) is 0 Å². The van der Waals surface area contributed by atoms with Crippen LogP contribution in [0.25, 0.3) is 0 Å². The molecule has 3 N–H and O–H groups in total. The van der Waals surface area contributed by atoms with Crippen LogP contribution in [-0.2, 0) is 8.85 Å². The number of hydrogen-bond acceptors (Lipinski definition) is 4. The summed E-state index contributed by atoms with van der Waals surface area (Å²) in [6.45, 7) is 7.31. The van der Waals surface area contributed by atoms with Gasteiger partial charge in [0.1, 0.15) is 0 Å². The summed E-state index contributed by atoms with van der Waals surface area (Å²) < 4.78 is 11.4. The largest absolute Gasteiger partial charge is 0.396 e. The van der Waals surface area contributed by atoms with Crippen LogP contribution >= 0.6 is 0 Å². The lowest BCUT2D eigenvalue weighted by molar-refractivity contribution is 0.121. The molecule has 0 aliphatic heterocycles. The van der Waals surface area contributed by atoms with Gasteiger partial charge in [-0.15, -0.1) is 0 Å². The molecule has 0 aliphatic rings. The van der Waals surface area contributed by atoms with Gasteiger partial charge in [0.25, 0.3) is 0 Å². The first-order valence-corrected chi connectivity index (χ1v) is 7.73. The zero-order valence-corrected chi connectivity index (χ0v) is 10.5. The van der Waals surface area contributed by atoms with Crippen molar-refractivity contribution in [3.63, 3.8) is 0 Å². The molecule has 14 heavy (non-hydrogen) atoms. The Kier molecular flexibility index (Phi) is 7.39. The lowest BCUT2D eigenvalue weighted by atomic mass is 10.3. The van der Waals surface area contributed by atoms with Crippen LogP contribution in [0.1, 0.15) is 20.3 Å². The van der Waals surface area contributed by atoms with E-state index in [4.69, 9.17) is 19.7 Å². The molecule has 86 valence electrons. The van der Waals surface area contributed by atoms with Crippen molar-refractivity contribution in [2.24, 2.45) is 5.73 Å². The van der Waals surface area contributed by atoms with E-state index in [0.29, 0.717) is 19.2 Å². The number of nitrogens with two attached hydrogens (primary N) is 1. The van der Waals surface area contributed by atoms with Crippen molar-refractivity contribution < 1.29 is 14.0 Å². The van der Waals surface area contributed by atoms with E-state index in [2.05, 4.69) is 0 Å². The van der Waals surface area contributed by atoms with Crippen LogP contribution in [-0.4, -0.2) is 39.5 Å². The van der Waals surface area contributed by atoms with E-state index >= 15 is 0 Å². The number of aliphatic hydroxyl groups is 1. The van der Waals surface area contributed by atoms with Crippen LogP contribution in [0.3, 0.4) is 0 Å². The zero-order valence-electron chi connectivity index (χ0n) is 9.45. The van der Waals surface area contributed by atoms with E-state index < -0.39 is 8.56 Å². The predicted molar refractivity (Wildman–Crippen MR) is 59.4 cm³/mol. The predicted octanol–water partition coefficient (Wildman–Crippen LogP) is 0.841. The molecule has 0 amide bonds. The molecule has 0 aromatic heterocycles. The summed E-state index contributed by atoms with van der Waals surface area (Å²) in [5.74, 6) is 0. The Morgan fingerprint density at radius 1 is 1.50 bits per heavy atom. The highest BCUT2D eigenvalue weighted by Gasteiger charge is 2.32. The van der Waals surface area contributed by atoms with Gasteiger partial charge in [-0.2, -0.15) is 0 Å². The molecule has 2 atom stereocenters. The van der Waals surface area contributed by atoms with Crippen LogP contribution < -0.4 is 5.73 Å². The van der Waals surface area contributed by atoms with Crippen LogP contribution in [0.4, 0.5) is 0 Å². The molecule has 4 nitrogen and oxygen atoms in total. The molecule has 5 heteroatoms. The summed E-state index contributed by atoms with van der Waals surface area (Å²) in [6, 6.07) is 0.621. The summed E-state index contributed by atoms with van der Waals surface area (Å²) in [7, 11) is -2.16.